The first-order valence-corrected chi connectivity index (χ1v) is 9.03. The number of benzene rings is 1. The van der Waals surface area contributed by atoms with Crippen LogP contribution in [0.3, 0.4) is 0 Å². The smallest absolute Gasteiger partial charge is 0.119 e. The van der Waals surface area contributed by atoms with Crippen LogP contribution in [0.15, 0.2) is 24.3 Å². The fourth-order valence-electron chi connectivity index (χ4n) is 3.39. The zero-order valence-electron chi connectivity index (χ0n) is 13.9. The van der Waals surface area contributed by atoms with Gasteiger partial charge in [0.2, 0.25) is 0 Å². The minimum Gasteiger partial charge on any atom is -0.494 e. The van der Waals surface area contributed by atoms with Crippen LogP contribution >= 0.6 is 0 Å². The first-order chi connectivity index (χ1) is 10.3. The lowest BCUT2D eigenvalue weighted by Gasteiger charge is -2.27. The molecule has 0 spiro atoms. The van der Waals surface area contributed by atoms with Gasteiger partial charge in [-0.2, -0.15) is 0 Å². The minimum atomic E-state index is 0.844. The second kappa shape index (κ2) is 9.12. The molecule has 0 radical (unpaired) electrons. The van der Waals surface area contributed by atoms with Crippen molar-refractivity contribution in [2.24, 2.45) is 11.8 Å². The van der Waals surface area contributed by atoms with Crippen LogP contribution in [0.2, 0.25) is 0 Å². The molecule has 0 atom stereocenters. The van der Waals surface area contributed by atoms with Crippen LogP contribution in [0.25, 0.3) is 0 Å². The van der Waals surface area contributed by atoms with E-state index in [0.29, 0.717) is 0 Å². The van der Waals surface area contributed by atoms with Crippen molar-refractivity contribution < 1.29 is 4.74 Å². The Kier molecular flexibility index (Phi) is 7.12. The Morgan fingerprint density at radius 1 is 0.952 bits per heavy atom. The zero-order chi connectivity index (χ0) is 14.9. The standard InChI is InChI=1S/C20H32O/c1-3-5-16-21-20-14-12-19(13-15-20)11-10-18-8-6-17(4-2)7-9-18/h12-15,17-18H,3-11,16H2,1-2H3/t17-,18-. The van der Waals surface area contributed by atoms with E-state index < -0.39 is 0 Å². The molecule has 1 aliphatic carbocycles. The van der Waals surface area contributed by atoms with Crippen LogP contribution in [0.5, 0.6) is 5.75 Å². The Morgan fingerprint density at radius 2 is 1.62 bits per heavy atom. The lowest BCUT2D eigenvalue weighted by Crippen LogP contribution is -2.14. The summed E-state index contributed by atoms with van der Waals surface area (Å²) in [7, 11) is 0. The molecule has 0 heterocycles. The number of rotatable bonds is 8. The number of unbranched alkanes of at least 4 members (excludes halogenated alkanes) is 1. The SMILES string of the molecule is CCCCOc1ccc(CC[C@H]2CC[C@H](CC)CC2)cc1. The third-order valence-corrected chi connectivity index (χ3v) is 5.07. The van der Waals surface area contributed by atoms with Gasteiger partial charge in [0.05, 0.1) is 6.61 Å². The van der Waals surface area contributed by atoms with E-state index in [4.69, 9.17) is 4.74 Å². The van der Waals surface area contributed by atoms with Gasteiger partial charge in [0.25, 0.3) is 0 Å². The highest BCUT2D eigenvalue weighted by molar-refractivity contribution is 5.27. The maximum Gasteiger partial charge on any atom is 0.119 e. The van der Waals surface area contributed by atoms with E-state index >= 15 is 0 Å². The molecule has 1 aliphatic rings. The number of aryl methyl sites for hydroxylation is 1. The van der Waals surface area contributed by atoms with Gasteiger partial charge in [0.1, 0.15) is 5.75 Å². The Bertz CT molecular complexity index is 373. The molecule has 0 aromatic heterocycles. The first-order valence-electron chi connectivity index (χ1n) is 9.03. The van der Waals surface area contributed by atoms with Gasteiger partial charge in [-0.1, -0.05) is 64.5 Å². The summed E-state index contributed by atoms with van der Waals surface area (Å²) in [6.45, 7) is 5.38. The Balaban J connectivity index is 1.69. The molecule has 1 heteroatoms. The van der Waals surface area contributed by atoms with Crippen molar-refractivity contribution in [3.63, 3.8) is 0 Å². The molecule has 0 N–H and O–H groups in total. The summed E-state index contributed by atoms with van der Waals surface area (Å²) in [5, 5.41) is 0. The molecule has 1 saturated carbocycles. The highest BCUT2D eigenvalue weighted by atomic mass is 16.5. The first kappa shape index (κ1) is 16.4. The van der Waals surface area contributed by atoms with Crippen molar-refractivity contribution in [2.45, 2.75) is 71.6 Å². The molecule has 1 nitrogen and oxygen atoms in total. The predicted molar refractivity (Wildman–Crippen MR) is 90.9 cm³/mol. The van der Waals surface area contributed by atoms with Gasteiger partial charge in [-0.25, -0.2) is 0 Å². The van der Waals surface area contributed by atoms with Crippen LogP contribution in [0.1, 0.15) is 70.8 Å². The summed E-state index contributed by atoms with van der Waals surface area (Å²) in [6, 6.07) is 8.77. The van der Waals surface area contributed by atoms with Crippen LogP contribution in [-0.2, 0) is 6.42 Å². The monoisotopic (exact) mass is 288 g/mol. The maximum absolute atomic E-state index is 5.72. The third kappa shape index (κ3) is 5.73. The molecular formula is C20H32O. The van der Waals surface area contributed by atoms with Gasteiger partial charge in [0, 0.05) is 0 Å². The summed E-state index contributed by atoms with van der Waals surface area (Å²) in [6.07, 6.45) is 12.2. The molecular weight excluding hydrogens is 256 g/mol. The fraction of sp³-hybridized carbons (Fsp3) is 0.700. The van der Waals surface area contributed by atoms with Crippen molar-refractivity contribution >= 4 is 0 Å². The van der Waals surface area contributed by atoms with Crippen molar-refractivity contribution in [1.82, 2.24) is 0 Å². The molecule has 1 aromatic carbocycles. The van der Waals surface area contributed by atoms with E-state index in [1.54, 1.807) is 0 Å². The van der Waals surface area contributed by atoms with Crippen molar-refractivity contribution in [3.8, 4) is 5.75 Å². The van der Waals surface area contributed by atoms with Crippen LogP contribution in [-0.4, -0.2) is 6.61 Å². The molecule has 0 unspecified atom stereocenters. The lowest BCUT2D eigenvalue weighted by molar-refractivity contribution is 0.259. The van der Waals surface area contributed by atoms with Crippen LogP contribution in [0.4, 0.5) is 0 Å². The van der Waals surface area contributed by atoms with Gasteiger partial charge in [0.15, 0.2) is 0 Å². The van der Waals surface area contributed by atoms with E-state index in [2.05, 4.69) is 38.1 Å². The fourth-order valence-corrected chi connectivity index (χ4v) is 3.39. The quantitative estimate of drug-likeness (QED) is 0.532. The largest absolute Gasteiger partial charge is 0.494 e. The summed E-state index contributed by atoms with van der Waals surface area (Å²) in [5.41, 5.74) is 1.47. The van der Waals surface area contributed by atoms with Gasteiger partial charge in [-0.3, -0.25) is 0 Å². The van der Waals surface area contributed by atoms with Crippen molar-refractivity contribution in [2.75, 3.05) is 6.61 Å². The minimum absolute atomic E-state index is 0.844. The molecule has 0 bridgehead atoms. The van der Waals surface area contributed by atoms with Crippen LogP contribution < -0.4 is 4.74 Å². The Labute approximate surface area is 131 Å². The van der Waals surface area contributed by atoms with Crippen LogP contribution in [0, 0.1) is 11.8 Å². The van der Waals surface area contributed by atoms with E-state index in [9.17, 15) is 0 Å². The number of hydrogen-bond acceptors (Lipinski definition) is 1. The highest BCUT2D eigenvalue weighted by Crippen LogP contribution is 2.33. The normalized spacial score (nSPS) is 22.2. The van der Waals surface area contributed by atoms with Gasteiger partial charge < -0.3 is 4.74 Å². The van der Waals surface area contributed by atoms with Crippen molar-refractivity contribution in [3.05, 3.63) is 29.8 Å². The Morgan fingerprint density at radius 3 is 2.24 bits per heavy atom. The molecule has 118 valence electrons. The average molecular weight is 288 g/mol. The lowest BCUT2D eigenvalue weighted by atomic mass is 9.78. The average Bonchev–Trinajstić information content (AvgIpc) is 2.55. The van der Waals surface area contributed by atoms with E-state index in [1.165, 1.54) is 56.9 Å². The number of ether oxygens (including phenoxy) is 1. The summed E-state index contributed by atoms with van der Waals surface area (Å²) >= 11 is 0. The van der Waals surface area contributed by atoms with E-state index in [-0.39, 0.29) is 0 Å². The number of hydrogen-bond donors (Lipinski definition) is 0. The predicted octanol–water partition coefficient (Wildman–Crippen LogP) is 6.01. The molecule has 1 aromatic rings. The van der Waals surface area contributed by atoms with E-state index in [1.807, 2.05) is 0 Å². The molecule has 0 amide bonds. The molecule has 2 rings (SSSR count). The van der Waals surface area contributed by atoms with Gasteiger partial charge >= 0.3 is 0 Å². The second-order valence-corrected chi connectivity index (χ2v) is 6.68. The third-order valence-electron chi connectivity index (χ3n) is 5.07. The second-order valence-electron chi connectivity index (χ2n) is 6.68. The highest BCUT2D eigenvalue weighted by Gasteiger charge is 2.19. The topological polar surface area (TPSA) is 9.23 Å². The summed E-state index contributed by atoms with van der Waals surface area (Å²) in [5.74, 6) is 3.00. The zero-order valence-corrected chi connectivity index (χ0v) is 13.9. The van der Waals surface area contributed by atoms with Gasteiger partial charge in [-0.05, 0) is 48.8 Å². The Hall–Kier alpha value is -0.980. The summed E-state index contributed by atoms with van der Waals surface area (Å²) < 4.78 is 5.72. The van der Waals surface area contributed by atoms with Crippen molar-refractivity contribution in [1.29, 1.82) is 0 Å². The van der Waals surface area contributed by atoms with Gasteiger partial charge in [-0.15, -0.1) is 0 Å². The molecule has 0 aliphatic heterocycles. The molecule has 1 fully saturated rings. The maximum atomic E-state index is 5.72. The molecule has 21 heavy (non-hydrogen) atoms. The van der Waals surface area contributed by atoms with E-state index in [0.717, 1.165) is 30.6 Å². The molecule has 0 saturated heterocycles. The summed E-state index contributed by atoms with van der Waals surface area (Å²) in [4.78, 5) is 0.